The molecular formula is C23H30N2O4. The molecule has 0 radical (unpaired) electrons. The van der Waals surface area contributed by atoms with Crippen molar-refractivity contribution in [2.24, 2.45) is 0 Å². The van der Waals surface area contributed by atoms with Gasteiger partial charge in [0.2, 0.25) is 5.91 Å². The maximum Gasteiger partial charge on any atom is 0.257 e. The lowest BCUT2D eigenvalue weighted by atomic mass is 10.0. The smallest absolute Gasteiger partial charge is 0.257 e. The number of aryl methyl sites for hydroxylation is 2. The molecule has 1 N–H and O–H groups in total. The molecule has 1 aromatic heterocycles. The van der Waals surface area contributed by atoms with Gasteiger partial charge in [-0.25, -0.2) is 0 Å². The number of hydrogen-bond donors (Lipinski definition) is 1. The molecule has 1 saturated heterocycles. The summed E-state index contributed by atoms with van der Waals surface area (Å²) in [6.45, 7) is 6.01. The Morgan fingerprint density at radius 3 is 2.69 bits per heavy atom. The molecule has 2 heterocycles. The normalized spacial score (nSPS) is 14.6. The van der Waals surface area contributed by atoms with Gasteiger partial charge in [0.15, 0.2) is 0 Å². The molecule has 1 aromatic carbocycles. The van der Waals surface area contributed by atoms with Gasteiger partial charge in [0.25, 0.3) is 5.91 Å². The molecule has 0 aliphatic carbocycles. The highest BCUT2D eigenvalue weighted by molar-refractivity contribution is 5.93. The van der Waals surface area contributed by atoms with Crippen LogP contribution < -0.4 is 10.1 Å². The number of nitrogens with zero attached hydrogens (tertiary/aromatic N) is 1. The van der Waals surface area contributed by atoms with Gasteiger partial charge in [0.05, 0.1) is 18.4 Å². The molecule has 0 atom stereocenters. The van der Waals surface area contributed by atoms with E-state index >= 15 is 0 Å². The van der Waals surface area contributed by atoms with E-state index in [-0.39, 0.29) is 17.9 Å². The zero-order valence-corrected chi connectivity index (χ0v) is 17.3. The lowest BCUT2D eigenvalue weighted by Gasteiger charge is -2.32. The van der Waals surface area contributed by atoms with Crippen molar-refractivity contribution in [3.63, 3.8) is 0 Å². The van der Waals surface area contributed by atoms with Crippen LogP contribution in [0.2, 0.25) is 0 Å². The number of rotatable bonds is 8. The standard InChI is InChI=1S/C23H30N2O4/c1-17-6-7-18(2)21(15-17)29-13-4-3-5-22(26)24-20-8-11-25(12-9-20)23(27)19-10-14-28-16-19/h6-7,10,14-16,20H,3-5,8-9,11-13H2,1-2H3,(H,24,26). The van der Waals surface area contributed by atoms with Gasteiger partial charge in [0.1, 0.15) is 12.0 Å². The number of carbonyl (C=O) groups is 2. The number of furan rings is 1. The molecule has 2 amide bonds. The number of nitrogens with one attached hydrogen (secondary N) is 1. The van der Waals surface area contributed by atoms with Crippen LogP contribution in [0.4, 0.5) is 0 Å². The van der Waals surface area contributed by atoms with Crippen LogP contribution in [0.3, 0.4) is 0 Å². The molecule has 6 nitrogen and oxygen atoms in total. The van der Waals surface area contributed by atoms with E-state index in [1.165, 1.54) is 18.1 Å². The Balaban J connectivity index is 1.29. The lowest BCUT2D eigenvalue weighted by Crippen LogP contribution is -2.46. The fraction of sp³-hybridized carbons (Fsp3) is 0.478. The van der Waals surface area contributed by atoms with Crippen LogP contribution in [0.1, 0.15) is 53.6 Å². The monoisotopic (exact) mass is 398 g/mol. The number of piperidine rings is 1. The highest BCUT2D eigenvalue weighted by atomic mass is 16.5. The Bertz CT molecular complexity index is 808. The minimum Gasteiger partial charge on any atom is -0.493 e. The highest BCUT2D eigenvalue weighted by Gasteiger charge is 2.24. The van der Waals surface area contributed by atoms with Gasteiger partial charge in [-0.15, -0.1) is 0 Å². The Labute approximate surface area is 172 Å². The summed E-state index contributed by atoms with van der Waals surface area (Å²) >= 11 is 0. The first-order valence-corrected chi connectivity index (χ1v) is 10.3. The van der Waals surface area contributed by atoms with Crippen LogP contribution in [0.15, 0.2) is 41.2 Å². The Morgan fingerprint density at radius 1 is 1.17 bits per heavy atom. The Hall–Kier alpha value is -2.76. The third-order valence-electron chi connectivity index (χ3n) is 5.31. The van der Waals surface area contributed by atoms with Crippen molar-refractivity contribution in [3.05, 3.63) is 53.5 Å². The van der Waals surface area contributed by atoms with Crippen LogP contribution >= 0.6 is 0 Å². The van der Waals surface area contributed by atoms with Crippen molar-refractivity contribution in [2.75, 3.05) is 19.7 Å². The number of likely N-dealkylation sites (tertiary alicyclic amines) is 1. The fourth-order valence-electron chi connectivity index (χ4n) is 3.53. The molecule has 0 saturated carbocycles. The van der Waals surface area contributed by atoms with Crippen molar-refractivity contribution in [2.45, 2.75) is 52.0 Å². The molecule has 6 heteroatoms. The minimum absolute atomic E-state index is 0.00706. The third-order valence-corrected chi connectivity index (χ3v) is 5.31. The van der Waals surface area contributed by atoms with E-state index in [1.54, 1.807) is 6.07 Å². The van der Waals surface area contributed by atoms with E-state index in [1.807, 2.05) is 17.9 Å². The average Bonchev–Trinajstić information content (AvgIpc) is 3.25. The van der Waals surface area contributed by atoms with Gasteiger partial charge in [-0.3, -0.25) is 9.59 Å². The summed E-state index contributed by atoms with van der Waals surface area (Å²) in [6.07, 6.45) is 6.70. The Morgan fingerprint density at radius 2 is 1.97 bits per heavy atom. The molecule has 3 rings (SSSR count). The molecule has 156 valence electrons. The molecule has 1 aliphatic rings. The zero-order chi connectivity index (χ0) is 20.6. The first kappa shape index (κ1) is 21.0. The number of ether oxygens (including phenoxy) is 1. The molecule has 29 heavy (non-hydrogen) atoms. The van der Waals surface area contributed by atoms with Crippen LogP contribution in [0.25, 0.3) is 0 Å². The zero-order valence-electron chi connectivity index (χ0n) is 17.3. The molecule has 1 aliphatic heterocycles. The molecule has 0 bridgehead atoms. The predicted octanol–water partition coefficient (Wildman–Crippen LogP) is 3.87. The van der Waals surface area contributed by atoms with E-state index in [9.17, 15) is 9.59 Å². The van der Waals surface area contributed by atoms with E-state index in [0.29, 0.717) is 31.7 Å². The number of unbranched alkanes of at least 4 members (excludes halogenated alkanes) is 1. The molecule has 0 spiro atoms. The largest absolute Gasteiger partial charge is 0.493 e. The van der Waals surface area contributed by atoms with Crippen LogP contribution in [-0.4, -0.2) is 42.5 Å². The van der Waals surface area contributed by atoms with Gasteiger partial charge in [0, 0.05) is 25.6 Å². The van der Waals surface area contributed by atoms with Gasteiger partial charge < -0.3 is 19.4 Å². The van der Waals surface area contributed by atoms with Gasteiger partial charge >= 0.3 is 0 Å². The summed E-state index contributed by atoms with van der Waals surface area (Å²) < 4.78 is 10.8. The van der Waals surface area contributed by atoms with Crippen molar-refractivity contribution in [3.8, 4) is 5.75 Å². The molecule has 1 fully saturated rings. The lowest BCUT2D eigenvalue weighted by molar-refractivity contribution is -0.122. The topological polar surface area (TPSA) is 71.8 Å². The number of benzene rings is 1. The van der Waals surface area contributed by atoms with Crippen LogP contribution in [0.5, 0.6) is 5.75 Å². The number of hydrogen-bond acceptors (Lipinski definition) is 4. The van der Waals surface area contributed by atoms with Crippen molar-refractivity contribution < 1.29 is 18.7 Å². The van der Waals surface area contributed by atoms with E-state index in [2.05, 4.69) is 24.4 Å². The van der Waals surface area contributed by atoms with Gasteiger partial charge in [-0.05, 0) is 62.8 Å². The second kappa shape index (κ2) is 10.1. The van der Waals surface area contributed by atoms with E-state index in [0.717, 1.165) is 37.0 Å². The molecule has 0 unspecified atom stereocenters. The maximum absolute atomic E-state index is 12.3. The summed E-state index contributed by atoms with van der Waals surface area (Å²) in [5.41, 5.74) is 2.89. The number of amides is 2. The van der Waals surface area contributed by atoms with Crippen molar-refractivity contribution in [1.82, 2.24) is 10.2 Å². The molecule has 2 aromatic rings. The number of carbonyl (C=O) groups excluding carboxylic acids is 2. The third kappa shape index (κ3) is 6.11. The van der Waals surface area contributed by atoms with Crippen molar-refractivity contribution in [1.29, 1.82) is 0 Å². The Kier molecular flexibility index (Phi) is 7.33. The summed E-state index contributed by atoms with van der Waals surface area (Å²) in [5.74, 6) is 0.995. The maximum atomic E-state index is 12.3. The fourth-order valence-corrected chi connectivity index (χ4v) is 3.53. The quantitative estimate of drug-likeness (QED) is 0.685. The van der Waals surface area contributed by atoms with E-state index in [4.69, 9.17) is 9.15 Å². The van der Waals surface area contributed by atoms with Gasteiger partial charge in [-0.1, -0.05) is 12.1 Å². The first-order chi connectivity index (χ1) is 14.0. The summed E-state index contributed by atoms with van der Waals surface area (Å²) in [4.78, 5) is 26.3. The summed E-state index contributed by atoms with van der Waals surface area (Å²) in [5, 5.41) is 3.10. The second-order valence-electron chi connectivity index (χ2n) is 7.72. The van der Waals surface area contributed by atoms with Crippen molar-refractivity contribution >= 4 is 11.8 Å². The van der Waals surface area contributed by atoms with Gasteiger partial charge in [-0.2, -0.15) is 0 Å². The molecular weight excluding hydrogens is 368 g/mol. The average molecular weight is 399 g/mol. The highest BCUT2D eigenvalue weighted by Crippen LogP contribution is 2.19. The SMILES string of the molecule is Cc1ccc(C)c(OCCCCC(=O)NC2CCN(C(=O)c3ccoc3)CC2)c1. The predicted molar refractivity (Wildman–Crippen MR) is 111 cm³/mol. The van der Waals surface area contributed by atoms with Crippen LogP contribution in [0, 0.1) is 13.8 Å². The summed E-state index contributed by atoms with van der Waals surface area (Å²) in [6, 6.07) is 8.00. The minimum atomic E-state index is -0.00706. The van der Waals surface area contributed by atoms with E-state index < -0.39 is 0 Å². The first-order valence-electron chi connectivity index (χ1n) is 10.3. The second-order valence-corrected chi connectivity index (χ2v) is 7.72. The summed E-state index contributed by atoms with van der Waals surface area (Å²) in [7, 11) is 0. The van der Waals surface area contributed by atoms with Crippen LogP contribution in [-0.2, 0) is 4.79 Å².